The van der Waals surface area contributed by atoms with Crippen LogP contribution < -0.4 is 20.7 Å². The van der Waals surface area contributed by atoms with Gasteiger partial charge in [-0.2, -0.15) is 0 Å². The van der Waals surface area contributed by atoms with Crippen LogP contribution in [-0.4, -0.2) is 178 Å². The second kappa shape index (κ2) is 28.0. The van der Waals surface area contributed by atoms with E-state index in [1.165, 1.54) is 42.7 Å². The molecule has 21 nitrogen and oxygen atoms in total. The molecule has 446 valence electrons. The molecule has 4 heterocycles. The smallest absolute Gasteiger partial charge is 0.329 e. The molecule has 0 saturated carbocycles. The summed E-state index contributed by atoms with van der Waals surface area (Å²) in [6.45, 7) is 21.3. The van der Waals surface area contributed by atoms with E-state index in [1.54, 1.807) is 70.7 Å². The number of carbonyl (C=O) groups is 10. The number of cyclic esters (lactones) is 2. The molecule has 1 unspecified atom stereocenters. The minimum absolute atomic E-state index is 0.110. The van der Waals surface area contributed by atoms with Crippen molar-refractivity contribution in [3.05, 3.63) is 29.8 Å². The predicted molar refractivity (Wildman–Crippen MR) is 296 cm³/mol. The lowest BCUT2D eigenvalue weighted by atomic mass is 9.91. The number of ether oxygens (including phenoxy) is 3. The summed E-state index contributed by atoms with van der Waals surface area (Å²) < 4.78 is 17.3. The largest absolute Gasteiger partial charge is 0.497 e. The van der Waals surface area contributed by atoms with Gasteiger partial charge in [-0.05, 0) is 100 Å². The number of Topliss-reactive ketones (excluding diaryl/α,β-unsaturated/α-hetero) is 1. The maximum absolute atomic E-state index is 15.1. The Bertz CT molecular complexity index is 2410. The number of methoxy groups -OCH3 is 1. The van der Waals surface area contributed by atoms with E-state index in [4.69, 9.17) is 14.2 Å². The molecule has 7 amide bonds. The number of likely N-dealkylation sites (N-methyl/N-ethyl adjacent to an activating group) is 1. The van der Waals surface area contributed by atoms with Crippen LogP contribution >= 0.6 is 0 Å². The summed E-state index contributed by atoms with van der Waals surface area (Å²) in [5.74, 6) is -9.59. The van der Waals surface area contributed by atoms with Crippen LogP contribution in [0, 0.1) is 35.5 Å². The molecule has 21 heteroatoms. The van der Waals surface area contributed by atoms with Crippen molar-refractivity contribution in [1.29, 1.82) is 0 Å². The second-order valence-corrected chi connectivity index (χ2v) is 24.2. The SMILES string of the molecule is CC[C@H](C)[C@H]1NC(=O)[C@@H](NC(=O)[C@@H](CC(C)C)N2CCC3(CCCN3C(=O)C(C)C)C2=O)[C@@H](C)OC(=O)[C@H](Cc2ccc(OC)cc2)N(C)C(=O)[C@@H]2CCCN2C(=O)[C@H](CC(C)C)NC(=O)[C@@H](C)C(=O)[C@H](C(C)C)OC(=O)C[C@@H]1O. The van der Waals surface area contributed by atoms with Crippen molar-refractivity contribution < 1.29 is 67.3 Å². The summed E-state index contributed by atoms with van der Waals surface area (Å²) in [6, 6.07) is -0.900. The molecular weight excluding hydrogens is 1030 g/mol. The first kappa shape index (κ1) is 64.7. The van der Waals surface area contributed by atoms with Gasteiger partial charge < -0.3 is 54.9 Å². The number of carbonyl (C=O) groups excluding carboxylic acids is 10. The van der Waals surface area contributed by atoms with Crippen LogP contribution in [-0.2, 0) is 63.8 Å². The van der Waals surface area contributed by atoms with Gasteiger partial charge in [-0.25, -0.2) is 4.79 Å². The number of amides is 7. The molecule has 0 aromatic heterocycles. The molecule has 12 atom stereocenters. The summed E-state index contributed by atoms with van der Waals surface area (Å²) >= 11 is 0. The number of aliphatic hydroxyl groups is 1. The van der Waals surface area contributed by atoms with Crippen LogP contribution in [0.5, 0.6) is 5.75 Å². The molecular formula is C59H91N7O14. The Hall–Kier alpha value is -6.12. The van der Waals surface area contributed by atoms with Gasteiger partial charge in [0.2, 0.25) is 41.4 Å². The highest BCUT2D eigenvalue weighted by molar-refractivity contribution is 6.05. The molecule has 4 aliphatic heterocycles. The Morgan fingerprint density at radius 2 is 1.50 bits per heavy atom. The summed E-state index contributed by atoms with van der Waals surface area (Å²) in [4.78, 5) is 151. The van der Waals surface area contributed by atoms with E-state index in [9.17, 15) is 38.7 Å². The highest BCUT2D eigenvalue weighted by Gasteiger charge is 2.57. The zero-order valence-electron chi connectivity index (χ0n) is 49.7. The number of benzene rings is 1. The van der Waals surface area contributed by atoms with E-state index in [0.29, 0.717) is 50.0 Å². The van der Waals surface area contributed by atoms with Gasteiger partial charge in [0.1, 0.15) is 47.6 Å². The van der Waals surface area contributed by atoms with Crippen molar-refractivity contribution in [2.24, 2.45) is 35.5 Å². The minimum atomic E-state index is -1.72. The van der Waals surface area contributed by atoms with Crippen molar-refractivity contribution in [1.82, 2.24) is 35.6 Å². The molecule has 80 heavy (non-hydrogen) atoms. The monoisotopic (exact) mass is 1120 g/mol. The van der Waals surface area contributed by atoms with Crippen molar-refractivity contribution in [3.63, 3.8) is 0 Å². The average molecular weight is 1120 g/mol. The standard InChI is InChI=1S/C59H91N7O14/c1-15-36(10)47-45(67)31-46(68)80-50(34(6)7)49(69)37(11)51(70)60-41(28-32(2)3)55(74)64-25-16-18-42(64)56(75)63(13)44(30-39-19-21-40(78-14)22-20-39)57(76)79-38(12)48(53(72)61-47)62-52(71)43(29-33(4)5)65-27-24-59(58(65)77)23-17-26-66(59)54(73)35(8)9/h19-22,32-38,41-45,47-48,50,67H,15-18,23-31H2,1-14H3,(H,60,70)(H,61,72)(H,62,71)/t36-,37-,38+,41-,42-,43+,44-,45-,47+,48-,50-,59?/m0/s1. The number of hydrogen-bond donors (Lipinski definition) is 4. The molecule has 1 spiro atoms. The summed E-state index contributed by atoms with van der Waals surface area (Å²) in [5.41, 5.74) is -0.546. The Morgan fingerprint density at radius 3 is 2.09 bits per heavy atom. The van der Waals surface area contributed by atoms with Gasteiger partial charge in [-0.15, -0.1) is 0 Å². The maximum Gasteiger partial charge on any atom is 0.329 e. The van der Waals surface area contributed by atoms with Crippen molar-refractivity contribution >= 4 is 59.1 Å². The summed E-state index contributed by atoms with van der Waals surface area (Å²) in [6.07, 6.45) is -2.78. The van der Waals surface area contributed by atoms with Crippen LogP contribution in [0.4, 0.5) is 0 Å². The normalized spacial score (nSPS) is 29.1. The zero-order valence-corrected chi connectivity index (χ0v) is 49.7. The third-order valence-electron chi connectivity index (χ3n) is 16.5. The number of rotatable bonds is 14. The lowest BCUT2D eigenvalue weighted by Crippen LogP contribution is -2.62. The van der Waals surface area contributed by atoms with E-state index in [-0.39, 0.29) is 68.3 Å². The topological polar surface area (TPSA) is 268 Å². The molecule has 0 bridgehead atoms. The Labute approximate surface area is 472 Å². The van der Waals surface area contributed by atoms with Crippen LogP contribution in [0.15, 0.2) is 24.3 Å². The van der Waals surface area contributed by atoms with E-state index >= 15 is 14.4 Å². The third-order valence-corrected chi connectivity index (χ3v) is 16.5. The number of nitrogens with zero attached hydrogens (tertiary/aromatic N) is 4. The fourth-order valence-corrected chi connectivity index (χ4v) is 11.6. The molecule has 4 aliphatic rings. The molecule has 0 radical (unpaired) electrons. The first-order valence-corrected chi connectivity index (χ1v) is 28.9. The molecule has 1 aromatic rings. The van der Waals surface area contributed by atoms with Gasteiger partial charge in [0.25, 0.3) is 0 Å². The Balaban J connectivity index is 1.62. The lowest BCUT2D eigenvalue weighted by Gasteiger charge is -2.37. The Kier molecular flexibility index (Phi) is 22.7. The number of esters is 2. The van der Waals surface area contributed by atoms with Crippen molar-refractivity contribution in [2.45, 2.75) is 207 Å². The number of aliphatic hydroxyl groups excluding tert-OH is 1. The molecule has 4 fully saturated rings. The van der Waals surface area contributed by atoms with Gasteiger partial charge in [-0.1, -0.05) is 87.8 Å². The van der Waals surface area contributed by atoms with Crippen molar-refractivity contribution in [3.8, 4) is 5.75 Å². The molecule has 1 aromatic carbocycles. The summed E-state index contributed by atoms with van der Waals surface area (Å²) in [7, 11) is 2.92. The van der Waals surface area contributed by atoms with Gasteiger partial charge >= 0.3 is 11.9 Å². The highest BCUT2D eigenvalue weighted by atomic mass is 16.6. The quantitative estimate of drug-likeness (QED) is 0.153. The van der Waals surface area contributed by atoms with Gasteiger partial charge in [-0.3, -0.25) is 43.2 Å². The fourth-order valence-electron chi connectivity index (χ4n) is 11.6. The summed E-state index contributed by atoms with van der Waals surface area (Å²) in [5, 5.41) is 20.3. The molecule has 0 aliphatic carbocycles. The van der Waals surface area contributed by atoms with E-state index in [2.05, 4.69) is 16.0 Å². The van der Waals surface area contributed by atoms with Crippen molar-refractivity contribution in [2.75, 3.05) is 33.8 Å². The molecule has 4 saturated heterocycles. The number of ketones is 1. The lowest BCUT2D eigenvalue weighted by molar-refractivity contribution is -0.163. The number of nitrogens with one attached hydrogen (secondary N) is 3. The number of likely N-dealkylation sites (tertiary alicyclic amines) is 2. The second-order valence-electron chi connectivity index (χ2n) is 24.2. The fraction of sp³-hybridized carbons (Fsp3) is 0.729. The first-order chi connectivity index (χ1) is 37.6. The minimum Gasteiger partial charge on any atom is -0.497 e. The van der Waals surface area contributed by atoms with Crippen LogP contribution in [0.25, 0.3) is 0 Å². The first-order valence-electron chi connectivity index (χ1n) is 28.9. The highest BCUT2D eigenvalue weighted by Crippen LogP contribution is 2.41. The predicted octanol–water partition coefficient (Wildman–Crippen LogP) is 3.74. The van der Waals surface area contributed by atoms with E-state index < -0.39 is 132 Å². The van der Waals surface area contributed by atoms with Crippen LogP contribution in [0.3, 0.4) is 0 Å². The third kappa shape index (κ3) is 15.1. The van der Waals surface area contributed by atoms with Crippen LogP contribution in [0.1, 0.15) is 146 Å². The van der Waals surface area contributed by atoms with E-state index in [1.807, 2.05) is 27.7 Å². The Morgan fingerprint density at radius 1 is 0.838 bits per heavy atom. The van der Waals surface area contributed by atoms with Gasteiger partial charge in [0.05, 0.1) is 31.6 Å². The van der Waals surface area contributed by atoms with E-state index in [0.717, 1.165) is 0 Å². The molecule has 5 rings (SSSR count). The molecule has 4 N–H and O–H groups in total. The number of hydrogen-bond acceptors (Lipinski definition) is 14. The van der Waals surface area contributed by atoms with Gasteiger partial charge in [0, 0.05) is 39.0 Å². The average Bonchev–Trinajstić information content (AvgIpc) is 4.16. The zero-order chi connectivity index (χ0) is 59.7. The van der Waals surface area contributed by atoms with Gasteiger partial charge in [0.15, 0.2) is 11.9 Å². The maximum atomic E-state index is 15.1. The van der Waals surface area contributed by atoms with Crippen LogP contribution in [0.2, 0.25) is 0 Å². The number of fused-ring (bicyclic) bond motifs is 1.